The van der Waals surface area contributed by atoms with Gasteiger partial charge in [-0.2, -0.15) is 5.10 Å². The molecule has 1 amide bonds. The Kier molecular flexibility index (Phi) is 7.58. The van der Waals surface area contributed by atoms with Gasteiger partial charge in [-0.3, -0.25) is 19.6 Å². The Hall–Kier alpha value is -4.99. The van der Waals surface area contributed by atoms with E-state index in [1.54, 1.807) is 60.3 Å². The summed E-state index contributed by atoms with van der Waals surface area (Å²) in [4.78, 5) is 35.4. The number of hydrogen-bond donors (Lipinski definition) is 1. The third kappa shape index (κ3) is 6.17. The van der Waals surface area contributed by atoms with E-state index in [2.05, 4.69) is 10.4 Å². The van der Waals surface area contributed by atoms with Crippen LogP contribution >= 0.6 is 0 Å². The number of nitro groups is 1. The van der Waals surface area contributed by atoms with Gasteiger partial charge in [0.15, 0.2) is 0 Å². The van der Waals surface area contributed by atoms with Crippen molar-refractivity contribution in [2.75, 3.05) is 12.4 Å². The maximum absolute atomic E-state index is 12.8. The van der Waals surface area contributed by atoms with E-state index in [4.69, 9.17) is 9.47 Å². The smallest absolute Gasteiger partial charge is 0.338 e. The van der Waals surface area contributed by atoms with Crippen LogP contribution in [0.3, 0.4) is 0 Å². The highest BCUT2D eigenvalue weighted by Gasteiger charge is 2.14. The molecular formula is C27H24N4O6. The number of anilines is 1. The van der Waals surface area contributed by atoms with E-state index in [0.29, 0.717) is 34.7 Å². The number of nitrogens with one attached hydrogen (secondary N) is 1. The van der Waals surface area contributed by atoms with Crippen LogP contribution in [0.5, 0.6) is 5.75 Å². The maximum atomic E-state index is 12.8. The van der Waals surface area contributed by atoms with Crippen molar-refractivity contribution in [3.05, 3.63) is 117 Å². The van der Waals surface area contributed by atoms with E-state index in [9.17, 15) is 19.7 Å². The largest absolute Gasteiger partial charge is 0.489 e. The zero-order valence-corrected chi connectivity index (χ0v) is 20.2. The van der Waals surface area contributed by atoms with Crippen molar-refractivity contribution in [1.82, 2.24) is 9.78 Å². The van der Waals surface area contributed by atoms with Gasteiger partial charge in [-0.05, 0) is 48.4 Å². The fourth-order valence-corrected chi connectivity index (χ4v) is 3.75. The summed E-state index contributed by atoms with van der Waals surface area (Å²) in [5.41, 5.74) is 3.43. The summed E-state index contributed by atoms with van der Waals surface area (Å²) in [6.45, 7) is 2.17. The molecule has 1 aromatic heterocycles. The van der Waals surface area contributed by atoms with Crippen molar-refractivity contribution in [2.24, 2.45) is 0 Å². The number of esters is 1. The number of methoxy groups -OCH3 is 1. The van der Waals surface area contributed by atoms with Crippen LogP contribution in [0.25, 0.3) is 0 Å². The van der Waals surface area contributed by atoms with Crippen LogP contribution in [0.4, 0.5) is 11.4 Å². The molecule has 0 unspecified atom stereocenters. The standard InChI is InChI=1S/C27H24N4O6/c1-18-12-23(10-11-25(18)31(34)35)37-17-19-6-5-8-20(13-19)26(32)29-22-14-28-30(16-22)15-21-7-3-4-9-24(21)27(33)36-2/h3-14,16H,15,17H2,1-2H3,(H,29,32). The molecule has 0 bridgehead atoms. The van der Waals surface area contributed by atoms with Gasteiger partial charge in [-0.1, -0.05) is 30.3 Å². The van der Waals surface area contributed by atoms with Gasteiger partial charge in [-0.15, -0.1) is 0 Å². The lowest BCUT2D eigenvalue weighted by molar-refractivity contribution is -0.385. The maximum Gasteiger partial charge on any atom is 0.338 e. The van der Waals surface area contributed by atoms with Crippen LogP contribution in [-0.2, 0) is 17.9 Å². The van der Waals surface area contributed by atoms with Crippen molar-refractivity contribution >= 4 is 23.3 Å². The summed E-state index contributed by atoms with van der Waals surface area (Å²) in [5.74, 6) is -0.245. The number of benzene rings is 3. The minimum atomic E-state index is -0.438. The van der Waals surface area contributed by atoms with Crippen molar-refractivity contribution in [1.29, 1.82) is 0 Å². The topological polar surface area (TPSA) is 126 Å². The minimum Gasteiger partial charge on any atom is -0.489 e. The number of carbonyl (C=O) groups excluding carboxylic acids is 2. The van der Waals surface area contributed by atoms with Crippen LogP contribution in [0.2, 0.25) is 0 Å². The quantitative estimate of drug-likeness (QED) is 0.199. The van der Waals surface area contributed by atoms with Gasteiger partial charge < -0.3 is 14.8 Å². The number of amides is 1. The lowest BCUT2D eigenvalue weighted by Crippen LogP contribution is -2.12. The van der Waals surface area contributed by atoms with Gasteiger partial charge in [0.05, 0.1) is 36.0 Å². The monoisotopic (exact) mass is 500 g/mol. The number of hydrogen-bond acceptors (Lipinski definition) is 7. The molecule has 0 fully saturated rings. The zero-order valence-electron chi connectivity index (χ0n) is 20.2. The Balaban J connectivity index is 1.39. The van der Waals surface area contributed by atoms with E-state index in [1.807, 2.05) is 18.2 Å². The van der Waals surface area contributed by atoms with Gasteiger partial charge in [0.25, 0.3) is 11.6 Å². The fraction of sp³-hybridized carbons (Fsp3) is 0.148. The summed E-state index contributed by atoms with van der Waals surface area (Å²) >= 11 is 0. The molecule has 0 spiro atoms. The van der Waals surface area contributed by atoms with Crippen LogP contribution < -0.4 is 10.1 Å². The molecule has 0 saturated heterocycles. The molecule has 0 saturated carbocycles. The lowest BCUT2D eigenvalue weighted by atomic mass is 10.1. The first kappa shape index (κ1) is 25.1. The van der Waals surface area contributed by atoms with E-state index >= 15 is 0 Å². The highest BCUT2D eigenvalue weighted by atomic mass is 16.6. The molecule has 4 aromatic rings. The summed E-state index contributed by atoms with van der Waals surface area (Å²) in [6.07, 6.45) is 3.21. The third-order valence-electron chi connectivity index (χ3n) is 5.61. The lowest BCUT2D eigenvalue weighted by Gasteiger charge is -2.09. The molecule has 0 radical (unpaired) electrons. The molecule has 0 aliphatic rings. The van der Waals surface area contributed by atoms with Crippen LogP contribution in [-0.4, -0.2) is 33.7 Å². The molecule has 3 aromatic carbocycles. The molecule has 4 rings (SSSR count). The summed E-state index contributed by atoms with van der Waals surface area (Å²) in [7, 11) is 1.33. The minimum absolute atomic E-state index is 0.0296. The second-order valence-corrected chi connectivity index (χ2v) is 8.22. The highest BCUT2D eigenvalue weighted by Crippen LogP contribution is 2.24. The molecule has 37 heavy (non-hydrogen) atoms. The third-order valence-corrected chi connectivity index (χ3v) is 5.61. The predicted molar refractivity (Wildman–Crippen MR) is 136 cm³/mol. The number of carbonyl (C=O) groups is 2. The van der Waals surface area contributed by atoms with Crippen molar-refractivity contribution in [3.63, 3.8) is 0 Å². The summed E-state index contributed by atoms with van der Waals surface area (Å²) in [6, 6.07) is 18.6. The first-order valence-corrected chi connectivity index (χ1v) is 11.3. The summed E-state index contributed by atoms with van der Waals surface area (Å²) in [5, 5.41) is 18.1. The molecule has 0 aliphatic carbocycles. The van der Waals surface area contributed by atoms with Gasteiger partial charge >= 0.3 is 5.97 Å². The predicted octanol–water partition coefficient (Wildman–Crippen LogP) is 4.77. The number of rotatable bonds is 9. The van der Waals surface area contributed by atoms with Crippen molar-refractivity contribution in [2.45, 2.75) is 20.1 Å². The number of nitrogens with zero attached hydrogens (tertiary/aromatic N) is 3. The SMILES string of the molecule is COC(=O)c1ccccc1Cn1cc(NC(=O)c2cccc(COc3ccc([N+](=O)[O-])c(C)c3)c2)cn1. The van der Waals surface area contributed by atoms with Gasteiger partial charge in [0.1, 0.15) is 12.4 Å². The number of nitro benzene ring substituents is 1. The zero-order chi connectivity index (χ0) is 26.4. The Bertz CT molecular complexity index is 1460. The van der Waals surface area contributed by atoms with E-state index < -0.39 is 10.9 Å². The molecular weight excluding hydrogens is 476 g/mol. The Morgan fingerprint density at radius 2 is 1.89 bits per heavy atom. The van der Waals surface area contributed by atoms with Gasteiger partial charge in [0.2, 0.25) is 0 Å². The van der Waals surface area contributed by atoms with Crippen molar-refractivity contribution in [3.8, 4) is 5.75 Å². The second-order valence-electron chi connectivity index (χ2n) is 8.22. The first-order chi connectivity index (χ1) is 17.8. The number of ether oxygens (including phenoxy) is 2. The second kappa shape index (κ2) is 11.2. The molecule has 0 atom stereocenters. The molecule has 188 valence electrons. The van der Waals surface area contributed by atoms with Gasteiger partial charge in [0, 0.05) is 23.4 Å². The molecule has 10 nitrogen and oxygen atoms in total. The van der Waals surface area contributed by atoms with E-state index in [-0.39, 0.29) is 18.2 Å². The summed E-state index contributed by atoms with van der Waals surface area (Å²) < 4.78 is 12.2. The highest BCUT2D eigenvalue weighted by molar-refractivity contribution is 6.04. The first-order valence-electron chi connectivity index (χ1n) is 11.3. The van der Waals surface area contributed by atoms with Crippen molar-refractivity contribution < 1.29 is 24.0 Å². The molecule has 0 aliphatic heterocycles. The van der Waals surface area contributed by atoms with Crippen LogP contribution in [0.1, 0.15) is 37.4 Å². The normalized spacial score (nSPS) is 10.5. The average molecular weight is 501 g/mol. The van der Waals surface area contributed by atoms with Gasteiger partial charge in [-0.25, -0.2) is 4.79 Å². The van der Waals surface area contributed by atoms with Crippen LogP contribution in [0.15, 0.2) is 79.1 Å². The number of aryl methyl sites for hydroxylation is 1. The average Bonchev–Trinajstić information content (AvgIpc) is 3.33. The molecule has 1 N–H and O–H groups in total. The van der Waals surface area contributed by atoms with E-state index in [0.717, 1.165) is 11.1 Å². The van der Waals surface area contributed by atoms with E-state index in [1.165, 1.54) is 19.4 Å². The fourth-order valence-electron chi connectivity index (χ4n) is 3.75. The molecule has 10 heteroatoms. The molecule has 1 heterocycles. The Labute approximate surface area is 212 Å². The Morgan fingerprint density at radius 1 is 1.08 bits per heavy atom. The van der Waals surface area contributed by atoms with Crippen LogP contribution in [0, 0.1) is 17.0 Å². The Morgan fingerprint density at radius 3 is 2.65 bits per heavy atom. The number of aromatic nitrogens is 2.